The zero-order chi connectivity index (χ0) is 40.8. The number of halogens is 5. The second kappa shape index (κ2) is 19.4. The number of rotatable bonds is 9. The van der Waals surface area contributed by atoms with Gasteiger partial charge in [0.25, 0.3) is 0 Å². The van der Waals surface area contributed by atoms with Crippen LogP contribution in [0.4, 0.5) is 17.2 Å². The van der Waals surface area contributed by atoms with Gasteiger partial charge in [0, 0.05) is 89.0 Å². The minimum Gasteiger partial charge on any atom is -0.495 e. The minimum atomic E-state index is 0.0353. The monoisotopic (exact) mass is 927 g/mol. The lowest BCUT2D eigenvalue weighted by atomic mass is 10.2. The summed E-state index contributed by atoms with van der Waals surface area (Å²) in [6.07, 6.45) is 0. The van der Waals surface area contributed by atoms with Crippen molar-refractivity contribution >= 4 is 91.3 Å². The topological polar surface area (TPSA) is 114 Å². The van der Waals surface area contributed by atoms with Crippen molar-refractivity contribution in [2.45, 2.75) is 26.9 Å². The molecule has 14 nitrogen and oxygen atoms in total. The number of methoxy groups -OCH3 is 2. The normalized spacial score (nSPS) is 16.1. The Bertz CT molecular complexity index is 2040. The number of nitrogens with zero attached hydrogens (tertiary/aromatic N) is 9. The van der Waals surface area contributed by atoms with E-state index in [1.165, 1.54) is 0 Å². The third-order valence-electron chi connectivity index (χ3n) is 10.4. The third-order valence-corrected chi connectivity index (χ3v) is 12.7. The molecule has 5 heterocycles. The van der Waals surface area contributed by atoms with Gasteiger partial charge in [-0.05, 0) is 54.0 Å². The minimum absolute atomic E-state index is 0.0353. The Morgan fingerprint density at radius 2 is 1.09 bits per heavy atom. The fourth-order valence-electron chi connectivity index (χ4n) is 6.86. The maximum Gasteiger partial charge on any atom is 0.244 e. The summed E-state index contributed by atoms with van der Waals surface area (Å²) in [6.45, 7) is 12.5. The van der Waals surface area contributed by atoms with Crippen molar-refractivity contribution in [1.29, 1.82) is 0 Å². The van der Waals surface area contributed by atoms with Gasteiger partial charge >= 0.3 is 0 Å². The van der Waals surface area contributed by atoms with Gasteiger partial charge in [0.2, 0.25) is 11.8 Å². The number of aromatic nitrogens is 4. The molecule has 3 saturated heterocycles. The smallest absolute Gasteiger partial charge is 0.244 e. The Labute approximate surface area is 361 Å². The highest BCUT2D eigenvalue weighted by Crippen LogP contribution is 2.32. The molecular weight excluding hydrogens is 884 g/mol. The summed E-state index contributed by atoms with van der Waals surface area (Å²) < 4.78 is 19.9. The van der Waals surface area contributed by atoms with E-state index >= 15 is 0 Å². The molecule has 0 bridgehead atoms. The molecule has 4 aromatic rings. The molecule has 2 aromatic heterocycles. The van der Waals surface area contributed by atoms with Crippen LogP contribution in [-0.4, -0.2) is 134 Å². The van der Waals surface area contributed by atoms with E-state index in [1.807, 2.05) is 60.0 Å². The lowest BCUT2D eigenvalue weighted by Crippen LogP contribution is -2.49. The standard InChI is InChI=1S/C21H27Cl2N5O3.C17H19BrCl2N4O2/c1-15-20(23)21(27-9-11-31-12-10-27)24-28(15)14-19(29)26-7-5-25(6-8-26)16-3-4-17(22)18(13-16)30-2;1-11-16(20)17(18)21-24(11)10-15(25)23-7-5-22(6-8-23)12-3-4-13(19)14(9-12)26-2/h3-4,13H,5-12,14H2,1-2H3;3-4,9H,5-8,10H2,1-2H3. The molecule has 0 spiro atoms. The van der Waals surface area contributed by atoms with Crippen molar-refractivity contribution in [2.75, 3.05) is 108 Å². The van der Waals surface area contributed by atoms with E-state index in [9.17, 15) is 9.59 Å². The summed E-state index contributed by atoms with van der Waals surface area (Å²) in [5.74, 6) is 2.12. The van der Waals surface area contributed by atoms with Gasteiger partial charge in [0.15, 0.2) is 5.82 Å². The molecule has 2 amide bonds. The van der Waals surface area contributed by atoms with Crippen LogP contribution in [0.5, 0.6) is 11.5 Å². The highest BCUT2D eigenvalue weighted by atomic mass is 79.9. The van der Waals surface area contributed by atoms with Crippen molar-refractivity contribution in [3.8, 4) is 11.5 Å². The van der Waals surface area contributed by atoms with Gasteiger partial charge in [-0.15, -0.1) is 0 Å². The Hall–Kier alpha value is -3.60. The molecule has 0 saturated carbocycles. The predicted molar refractivity (Wildman–Crippen MR) is 228 cm³/mol. The zero-order valence-corrected chi connectivity index (χ0v) is 36.9. The number of benzene rings is 2. The average molecular weight is 931 g/mol. The van der Waals surface area contributed by atoms with Crippen molar-refractivity contribution in [2.24, 2.45) is 0 Å². The highest BCUT2D eigenvalue weighted by Gasteiger charge is 2.27. The van der Waals surface area contributed by atoms with Gasteiger partial charge in [0.1, 0.15) is 34.2 Å². The van der Waals surface area contributed by atoms with Crippen LogP contribution in [0.3, 0.4) is 0 Å². The molecule has 3 aliphatic heterocycles. The molecule has 7 rings (SSSR count). The van der Waals surface area contributed by atoms with Gasteiger partial charge in [-0.25, -0.2) is 0 Å². The first-order valence-corrected chi connectivity index (χ1v) is 20.9. The molecular formula is C38H46BrCl4N9O5. The predicted octanol–water partition coefficient (Wildman–Crippen LogP) is 6.31. The number of amides is 2. The van der Waals surface area contributed by atoms with Crippen molar-refractivity contribution < 1.29 is 23.8 Å². The summed E-state index contributed by atoms with van der Waals surface area (Å²) in [5.41, 5.74) is 3.66. The Kier molecular flexibility index (Phi) is 14.7. The molecule has 0 unspecified atom stereocenters. The summed E-state index contributed by atoms with van der Waals surface area (Å²) >= 11 is 28.1. The lowest BCUT2D eigenvalue weighted by molar-refractivity contribution is -0.133. The molecule has 308 valence electrons. The summed E-state index contributed by atoms with van der Waals surface area (Å²) in [6, 6.07) is 11.5. The first-order chi connectivity index (χ1) is 27.4. The number of hydrogen-bond donors (Lipinski definition) is 0. The van der Waals surface area contributed by atoms with E-state index in [0.717, 1.165) is 67.8 Å². The Morgan fingerprint density at radius 1 is 0.649 bits per heavy atom. The van der Waals surface area contributed by atoms with Gasteiger partial charge in [-0.1, -0.05) is 46.4 Å². The van der Waals surface area contributed by atoms with Crippen LogP contribution >= 0.6 is 62.3 Å². The second-order valence-corrected chi connectivity index (χ2v) is 16.0. The SMILES string of the molecule is COc1cc(N2CCN(C(=O)Cn3nc(Br)c(Cl)c3C)CC2)ccc1Cl.COc1cc(N2CCN(C(=O)Cn3nc(N4CCOCC4)c(Cl)c3C)CC2)ccc1Cl. The fourth-order valence-corrected chi connectivity index (χ4v) is 8.11. The summed E-state index contributed by atoms with van der Waals surface area (Å²) in [5, 5.41) is 11.2. The molecule has 0 N–H and O–H groups in total. The van der Waals surface area contributed by atoms with Crippen LogP contribution in [0.2, 0.25) is 20.1 Å². The number of ether oxygens (including phenoxy) is 3. The molecule has 0 radical (unpaired) electrons. The maximum atomic E-state index is 12.9. The van der Waals surface area contributed by atoms with Crippen molar-refractivity contribution in [3.63, 3.8) is 0 Å². The Morgan fingerprint density at radius 3 is 1.51 bits per heavy atom. The van der Waals surface area contributed by atoms with Crippen molar-refractivity contribution in [3.05, 3.63) is 72.5 Å². The number of anilines is 3. The van der Waals surface area contributed by atoms with Gasteiger partial charge in [-0.3, -0.25) is 19.0 Å². The van der Waals surface area contributed by atoms with Crippen LogP contribution < -0.4 is 24.2 Å². The number of morpholine rings is 1. The van der Waals surface area contributed by atoms with E-state index in [4.69, 9.17) is 60.6 Å². The molecule has 0 atom stereocenters. The number of carbonyl (C=O) groups is 2. The Balaban J connectivity index is 0.000000196. The van der Waals surface area contributed by atoms with E-state index in [1.54, 1.807) is 23.6 Å². The molecule has 3 fully saturated rings. The average Bonchev–Trinajstić information content (AvgIpc) is 3.65. The van der Waals surface area contributed by atoms with Crippen LogP contribution in [0, 0.1) is 13.8 Å². The first kappa shape index (κ1) is 43.0. The van der Waals surface area contributed by atoms with Gasteiger partial charge in [-0.2, -0.15) is 10.2 Å². The van der Waals surface area contributed by atoms with Gasteiger partial charge < -0.3 is 38.7 Å². The fraction of sp³-hybridized carbons (Fsp3) is 0.474. The van der Waals surface area contributed by atoms with Crippen LogP contribution in [0.15, 0.2) is 41.0 Å². The zero-order valence-electron chi connectivity index (χ0n) is 32.3. The lowest BCUT2D eigenvalue weighted by Gasteiger charge is -2.36. The number of carbonyl (C=O) groups excluding carboxylic acids is 2. The number of hydrogen-bond acceptors (Lipinski definition) is 10. The van der Waals surface area contributed by atoms with E-state index < -0.39 is 0 Å². The van der Waals surface area contributed by atoms with Crippen molar-refractivity contribution in [1.82, 2.24) is 29.4 Å². The van der Waals surface area contributed by atoms with Crippen LogP contribution in [0.1, 0.15) is 11.4 Å². The third kappa shape index (κ3) is 10.2. The molecule has 57 heavy (non-hydrogen) atoms. The van der Waals surface area contributed by atoms with E-state index in [-0.39, 0.29) is 24.9 Å². The highest BCUT2D eigenvalue weighted by molar-refractivity contribution is 9.10. The molecule has 3 aliphatic rings. The quantitative estimate of drug-likeness (QED) is 0.189. The molecule has 2 aromatic carbocycles. The second-order valence-electron chi connectivity index (χ2n) is 13.7. The molecule has 19 heteroatoms. The maximum absolute atomic E-state index is 12.9. The first-order valence-electron chi connectivity index (χ1n) is 18.5. The van der Waals surface area contributed by atoms with Crippen LogP contribution in [-0.2, 0) is 27.4 Å². The van der Waals surface area contributed by atoms with Crippen LogP contribution in [0.25, 0.3) is 0 Å². The summed E-state index contributed by atoms with van der Waals surface area (Å²) in [4.78, 5) is 35.8. The largest absolute Gasteiger partial charge is 0.495 e. The number of piperazine rings is 2. The van der Waals surface area contributed by atoms with E-state index in [0.29, 0.717) is 75.6 Å². The molecule has 0 aliphatic carbocycles. The van der Waals surface area contributed by atoms with Gasteiger partial charge in [0.05, 0.1) is 53.9 Å². The summed E-state index contributed by atoms with van der Waals surface area (Å²) in [7, 11) is 3.21. The van der Waals surface area contributed by atoms with E-state index in [2.05, 4.69) is 40.8 Å².